The number of unbranched alkanes of at least 4 members (excludes halogenated alkanes) is 2. The first-order chi connectivity index (χ1) is 7.15. The highest BCUT2D eigenvalue weighted by Crippen LogP contribution is 2.19. The first kappa shape index (κ1) is 12.5. The van der Waals surface area contributed by atoms with Crippen LogP contribution in [0.15, 0.2) is 0 Å². The van der Waals surface area contributed by atoms with E-state index in [1.54, 1.807) is 0 Å². The number of nitrogens with zero attached hydrogens (tertiary/aromatic N) is 1. The van der Waals surface area contributed by atoms with E-state index in [0.717, 1.165) is 19.3 Å². The Morgan fingerprint density at radius 1 is 1.20 bits per heavy atom. The molecule has 0 saturated carbocycles. The van der Waals surface area contributed by atoms with Crippen LogP contribution >= 0.6 is 11.6 Å². The second-order valence-electron chi connectivity index (χ2n) is 4.20. The van der Waals surface area contributed by atoms with Gasteiger partial charge in [-0.2, -0.15) is 0 Å². The fourth-order valence-corrected chi connectivity index (χ4v) is 2.01. The van der Waals surface area contributed by atoms with Crippen LogP contribution in [0.3, 0.4) is 0 Å². The van der Waals surface area contributed by atoms with Crippen molar-refractivity contribution in [1.82, 2.24) is 4.90 Å². The van der Waals surface area contributed by atoms with Crippen LogP contribution in [0.2, 0.25) is 0 Å². The van der Waals surface area contributed by atoms with Crippen LogP contribution < -0.4 is 0 Å². The smallest absolute Gasteiger partial charge is 0.229 e. The highest BCUT2D eigenvalue weighted by atomic mass is 35.5. The lowest BCUT2D eigenvalue weighted by Gasteiger charge is -2.28. The zero-order chi connectivity index (χ0) is 11.3. The first-order valence-electron chi connectivity index (χ1n) is 5.54. The Kier molecular flexibility index (Phi) is 5.09. The maximum absolute atomic E-state index is 11.6. The molecule has 0 aromatic rings. The number of rotatable bonds is 5. The van der Waals surface area contributed by atoms with Gasteiger partial charge < -0.3 is 0 Å². The maximum Gasteiger partial charge on any atom is 0.229 e. The van der Waals surface area contributed by atoms with Gasteiger partial charge in [0, 0.05) is 25.3 Å². The molecule has 1 heterocycles. The van der Waals surface area contributed by atoms with Crippen molar-refractivity contribution in [2.24, 2.45) is 5.92 Å². The van der Waals surface area contributed by atoms with Crippen LogP contribution in [-0.4, -0.2) is 29.1 Å². The number of halogens is 1. The van der Waals surface area contributed by atoms with Gasteiger partial charge in [-0.05, 0) is 18.8 Å². The zero-order valence-electron chi connectivity index (χ0n) is 9.17. The molecule has 0 aromatic carbocycles. The van der Waals surface area contributed by atoms with Crippen molar-refractivity contribution >= 4 is 23.4 Å². The van der Waals surface area contributed by atoms with Gasteiger partial charge in [-0.3, -0.25) is 14.5 Å². The van der Waals surface area contributed by atoms with E-state index in [0.29, 0.717) is 25.3 Å². The summed E-state index contributed by atoms with van der Waals surface area (Å²) >= 11 is 5.55. The first-order valence-corrected chi connectivity index (χ1v) is 6.07. The second kappa shape index (κ2) is 6.11. The van der Waals surface area contributed by atoms with Crippen molar-refractivity contribution < 1.29 is 9.59 Å². The quantitative estimate of drug-likeness (QED) is 0.413. The summed E-state index contributed by atoms with van der Waals surface area (Å²) in [6.07, 6.45) is 3.84. The molecule has 0 spiro atoms. The van der Waals surface area contributed by atoms with E-state index in [1.165, 1.54) is 4.90 Å². The number of hydrogen-bond donors (Lipinski definition) is 0. The average Bonchev–Trinajstić information content (AvgIpc) is 2.15. The van der Waals surface area contributed by atoms with Crippen LogP contribution in [0.5, 0.6) is 0 Å². The van der Waals surface area contributed by atoms with E-state index < -0.39 is 0 Å². The minimum atomic E-state index is -0.00961. The van der Waals surface area contributed by atoms with Gasteiger partial charge in [0.15, 0.2) is 0 Å². The van der Waals surface area contributed by atoms with E-state index in [9.17, 15) is 9.59 Å². The molecule has 0 N–H and O–H groups in total. The molecule has 4 heteroatoms. The number of imide groups is 1. The molecule has 3 nitrogen and oxygen atoms in total. The predicted octanol–water partition coefficient (Wildman–Crippen LogP) is 2.18. The zero-order valence-corrected chi connectivity index (χ0v) is 9.92. The summed E-state index contributed by atoms with van der Waals surface area (Å²) < 4.78 is 0. The maximum atomic E-state index is 11.6. The normalized spacial score (nSPS) is 18.7. The Morgan fingerprint density at radius 2 is 1.80 bits per heavy atom. The number of alkyl halides is 1. The lowest BCUT2D eigenvalue weighted by atomic mass is 9.97. The highest BCUT2D eigenvalue weighted by Gasteiger charge is 2.29. The molecular formula is C11H18ClNO2. The summed E-state index contributed by atoms with van der Waals surface area (Å²) in [5, 5.41) is 0. The van der Waals surface area contributed by atoms with Crippen molar-refractivity contribution in [3.05, 3.63) is 0 Å². The Hall–Kier alpha value is -0.570. The third-order valence-corrected chi connectivity index (χ3v) is 2.93. The number of carbonyl (C=O) groups is 2. The van der Waals surface area contributed by atoms with E-state index in [4.69, 9.17) is 11.6 Å². The molecule has 1 aliphatic rings. The van der Waals surface area contributed by atoms with Crippen LogP contribution in [0.1, 0.15) is 39.0 Å². The predicted molar refractivity (Wildman–Crippen MR) is 59.7 cm³/mol. The minimum Gasteiger partial charge on any atom is -0.283 e. The van der Waals surface area contributed by atoms with Gasteiger partial charge in [0.05, 0.1) is 0 Å². The van der Waals surface area contributed by atoms with Gasteiger partial charge in [0.25, 0.3) is 0 Å². The van der Waals surface area contributed by atoms with Crippen molar-refractivity contribution in [2.45, 2.75) is 39.0 Å². The molecule has 1 rings (SSSR count). The molecule has 15 heavy (non-hydrogen) atoms. The van der Waals surface area contributed by atoms with E-state index in [-0.39, 0.29) is 17.7 Å². The number of likely N-dealkylation sites (tertiary alicyclic amines) is 1. The van der Waals surface area contributed by atoms with E-state index in [2.05, 4.69) is 0 Å². The average molecular weight is 232 g/mol. The fourth-order valence-electron chi connectivity index (χ4n) is 1.82. The fraction of sp³-hybridized carbons (Fsp3) is 0.818. The standard InChI is InChI=1S/C11H18ClNO2/c1-9-7-10(14)13(11(15)8-9)6-4-2-3-5-12/h9H,2-8H2,1H3. The second-order valence-corrected chi connectivity index (χ2v) is 4.58. The van der Waals surface area contributed by atoms with Gasteiger partial charge in [-0.1, -0.05) is 13.3 Å². The third kappa shape index (κ3) is 3.82. The van der Waals surface area contributed by atoms with Crippen LogP contribution in [0.4, 0.5) is 0 Å². The van der Waals surface area contributed by atoms with Gasteiger partial charge in [0.1, 0.15) is 0 Å². The van der Waals surface area contributed by atoms with Crippen molar-refractivity contribution in [2.75, 3.05) is 12.4 Å². The summed E-state index contributed by atoms with van der Waals surface area (Å²) in [5.41, 5.74) is 0. The Morgan fingerprint density at radius 3 is 2.33 bits per heavy atom. The van der Waals surface area contributed by atoms with Crippen LogP contribution in [-0.2, 0) is 9.59 Å². The lowest BCUT2D eigenvalue weighted by Crippen LogP contribution is -2.43. The summed E-state index contributed by atoms with van der Waals surface area (Å²) in [4.78, 5) is 24.5. The summed E-state index contributed by atoms with van der Waals surface area (Å²) in [5.74, 6) is 0.845. The Balaban J connectivity index is 2.33. The number of carbonyl (C=O) groups excluding carboxylic acids is 2. The van der Waals surface area contributed by atoms with Crippen molar-refractivity contribution in [3.63, 3.8) is 0 Å². The van der Waals surface area contributed by atoms with E-state index in [1.807, 2.05) is 6.92 Å². The Labute approximate surface area is 95.8 Å². The molecule has 0 unspecified atom stereocenters. The largest absolute Gasteiger partial charge is 0.283 e. The van der Waals surface area contributed by atoms with Gasteiger partial charge in [-0.25, -0.2) is 0 Å². The number of amides is 2. The SMILES string of the molecule is CC1CC(=O)N(CCCCCCl)C(=O)C1. The van der Waals surface area contributed by atoms with Crippen LogP contribution in [0, 0.1) is 5.92 Å². The number of hydrogen-bond acceptors (Lipinski definition) is 2. The lowest BCUT2D eigenvalue weighted by molar-refractivity contribution is -0.149. The number of piperidine rings is 1. The molecule has 2 amide bonds. The summed E-state index contributed by atoms with van der Waals surface area (Å²) in [6.45, 7) is 2.52. The molecule has 1 aliphatic heterocycles. The van der Waals surface area contributed by atoms with Gasteiger partial charge >= 0.3 is 0 Å². The molecule has 0 atom stereocenters. The molecule has 1 fully saturated rings. The van der Waals surface area contributed by atoms with Crippen molar-refractivity contribution in [3.8, 4) is 0 Å². The van der Waals surface area contributed by atoms with Gasteiger partial charge in [0.2, 0.25) is 11.8 Å². The molecular weight excluding hydrogens is 214 g/mol. The third-order valence-electron chi connectivity index (χ3n) is 2.66. The molecule has 1 saturated heterocycles. The molecule has 0 aliphatic carbocycles. The van der Waals surface area contributed by atoms with Crippen molar-refractivity contribution in [1.29, 1.82) is 0 Å². The van der Waals surface area contributed by atoms with Gasteiger partial charge in [-0.15, -0.1) is 11.6 Å². The molecule has 0 aromatic heterocycles. The summed E-state index contributed by atoms with van der Waals surface area (Å²) in [6, 6.07) is 0. The van der Waals surface area contributed by atoms with Crippen LogP contribution in [0.25, 0.3) is 0 Å². The van der Waals surface area contributed by atoms with E-state index >= 15 is 0 Å². The topological polar surface area (TPSA) is 37.4 Å². The molecule has 0 radical (unpaired) electrons. The summed E-state index contributed by atoms with van der Waals surface area (Å²) in [7, 11) is 0. The molecule has 86 valence electrons. The highest BCUT2D eigenvalue weighted by molar-refractivity contribution is 6.17. The monoisotopic (exact) mass is 231 g/mol. The minimum absolute atomic E-state index is 0.00961. The molecule has 0 bridgehead atoms. The Bertz CT molecular complexity index is 225.